The highest BCUT2D eigenvalue weighted by Crippen LogP contribution is 1.87. The third kappa shape index (κ3) is 1.90. The van der Waals surface area contributed by atoms with Crippen LogP contribution in [0.5, 0.6) is 0 Å². The number of nitrogens with one attached hydrogen (secondary N) is 1. The van der Waals surface area contributed by atoms with Crippen LogP contribution in [0.1, 0.15) is 0 Å². The van der Waals surface area contributed by atoms with Crippen LogP contribution in [0, 0.1) is 0 Å². The van der Waals surface area contributed by atoms with Crippen molar-refractivity contribution in [2.75, 3.05) is 7.05 Å². The Kier molecular flexibility index (Phi) is 2.17. The Bertz CT molecular complexity index is 272. The average molecular weight is 174 g/mol. The largest absolute Gasteiger partial charge is 0.330 e. The fraction of sp³-hybridized carbons (Fsp3) is 1.00. The molecule has 0 saturated heterocycles. The first-order chi connectivity index (χ1) is 3.81. The molecular weight excluding hydrogens is 168 g/mol. The third-order valence-corrected chi connectivity index (χ3v) is 4.00. The monoisotopic (exact) mass is 174 g/mol. The molecule has 0 aliphatic carbocycles. The first kappa shape index (κ1) is 8.82. The highest BCUT2D eigenvalue weighted by atomic mass is 33.2. The van der Waals surface area contributed by atoms with Gasteiger partial charge in [0.25, 0.3) is 0 Å². The van der Waals surface area contributed by atoms with Crippen LogP contribution in [0.3, 0.4) is 0 Å². The molecule has 0 saturated carbocycles. The van der Waals surface area contributed by atoms with E-state index in [4.69, 9.17) is 0 Å². The fourth-order valence-electron chi connectivity index (χ4n) is 0.116. The molecule has 0 amide bonds. The Labute approximate surface area is 52.6 Å². The van der Waals surface area contributed by atoms with Gasteiger partial charge in [0.15, 0.2) is 0 Å². The van der Waals surface area contributed by atoms with Crippen LogP contribution in [0.25, 0.3) is 0 Å². The van der Waals surface area contributed by atoms with E-state index in [1.54, 1.807) is 4.72 Å². The Morgan fingerprint density at radius 2 is 1.56 bits per heavy atom. The lowest BCUT2D eigenvalue weighted by molar-refractivity contribution is 0.579. The summed E-state index contributed by atoms with van der Waals surface area (Å²) < 4.78 is 42.0. The van der Waals surface area contributed by atoms with Crippen LogP contribution in [0.2, 0.25) is 0 Å². The quantitative estimate of drug-likeness (QED) is 0.461. The van der Waals surface area contributed by atoms with Gasteiger partial charge in [-0.2, -0.15) is 16.8 Å². The normalized spacial score (nSPS) is 13.6. The SMILES string of the molecule is CNS(=O)(=O)S(N)(=O)=O. The van der Waals surface area contributed by atoms with Crippen molar-refractivity contribution < 1.29 is 16.8 Å². The van der Waals surface area contributed by atoms with E-state index in [2.05, 4.69) is 5.14 Å². The van der Waals surface area contributed by atoms with Gasteiger partial charge in [0.05, 0.1) is 0 Å². The van der Waals surface area contributed by atoms with Crippen LogP contribution in [-0.4, -0.2) is 23.9 Å². The third-order valence-electron chi connectivity index (χ3n) is 0.556. The van der Waals surface area contributed by atoms with Crippen LogP contribution >= 0.6 is 0 Å². The molecular formula is CH6N2O4S2. The van der Waals surface area contributed by atoms with Crippen molar-refractivity contribution in [3.63, 3.8) is 0 Å². The molecule has 0 aliphatic rings. The van der Waals surface area contributed by atoms with E-state index < -0.39 is 18.1 Å². The molecule has 0 bridgehead atoms. The summed E-state index contributed by atoms with van der Waals surface area (Å²) in [6.45, 7) is 0. The molecule has 0 aromatic heterocycles. The molecule has 0 spiro atoms. The van der Waals surface area contributed by atoms with Gasteiger partial charge in [-0.3, -0.25) is 0 Å². The van der Waals surface area contributed by atoms with Gasteiger partial charge >= 0.3 is 18.1 Å². The van der Waals surface area contributed by atoms with Gasteiger partial charge in [-0.15, -0.1) is 0 Å². The maximum absolute atomic E-state index is 10.2. The maximum atomic E-state index is 10.2. The van der Waals surface area contributed by atoms with Gasteiger partial charge in [-0.05, 0) is 7.05 Å². The summed E-state index contributed by atoms with van der Waals surface area (Å²) in [7, 11) is -7.87. The lowest BCUT2D eigenvalue weighted by atomic mass is 11.6. The summed E-state index contributed by atoms with van der Waals surface area (Å²) in [5.74, 6) is 0. The fourth-order valence-corrected chi connectivity index (χ4v) is 1.05. The number of hydrogen-bond acceptors (Lipinski definition) is 4. The van der Waals surface area contributed by atoms with E-state index in [9.17, 15) is 16.8 Å². The second-order valence-electron chi connectivity index (χ2n) is 1.15. The van der Waals surface area contributed by atoms with Crippen LogP contribution in [0.4, 0.5) is 0 Å². The standard InChI is InChI=1S/CH6N2O4S2/c1-3-9(6,7)8(2,4)5/h3H,1H3,(H2,2,4,5). The highest BCUT2D eigenvalue weighted by molar-refractivity contribution is 8.65. The van der Waals surface area contributed by atoms with E-state index >= 15 is 0 Å². The second kappa shape index (κ2) is 2.21. The molecule has 3 N–H and O–H groups in total. The molecule has 0 aromatic rings. The Morgan fingerprint density at radius 3 is 1.56 bits per heavy atom. The summed E-state index contributed by atoms with van der Waals surface area (Å²) in [5.41, 5.74) is 0. The first-order valence-corrected chi connectivity index (χ1v) is 5.32. The van der Waals surface area contributed by atoms with Crippen LogP contribution < -0.4 is 9.86 Å². The molecule has 6 nitrogen and oxygen atoms in total. The van der Waals surface area contributed by atoms with Crippen molar-refractivity contribution >= 4 is 18.1 Å². The number of nitrogens with two attached hydrogens (primary N) is 1. The van der Waals surface area contributed by atoms with Gasteiger partial charge in [0, 0.05) is 0 Å². The van der Waals surface area contributed by atoms with Crippen molar-refractivity contribution in [1.29, 1.82) is 0 Å². The maximum Gasteiger partial charge on any atom is 0.330 e. The smallest absolute Gasteiger partial charge is 0.215 e. The Hall–Kier alpha value is -0.180. The lowest BCUT2D eigenvalue weighted by Crippen LogP contribution is -2.32. The minimum absolute atomic E-state index is 0.958. The predicted octanol–water partition coefficient (Wildman–Crippen LogP) is -2.26. The Balaban J connectivity index is 5.07. The van der Waals surface area contributed by atoms with Gasteiger partial charge in [-0.1, -0.05) is 0 Å². The molecule has 9 heavy (non-hydrogen) atoms. The van der Waals surface area contributed by atoms with E-state index in [-0.39, 0.29) is 0 Å². The number of rotatable bonds is 2. The lowest BCUT2D eigenvalue weighted by Gasteiger charge is -1.94. The zero-order valence-corrected chi connectivity index (χ0v) is 6.16. The zero-order chi connectivity index (χ0) is 7.71. The van der Waals surface area contributed by atoms with E-state index in [0.717, 1.165) is 7.05 Å². The van der Waals surface area contributed by atoms with Gasteiger partial charge in [0.1, 0.15) is 0 Å². The molecule has 0 radical (unpaired) electrons. The molecule has 56 valence electrons. The van der Waals surface area contributed by atoms with Crippen molar-refractivity contribution in [3.8, 4) is 0 Å². The summed E-state index contributed by atoms with van der Waals surface area (Å²) in [6.07, 6.45) is 0. The van der Waals surface area contributed by atoms with Crippen molar-refractivity contribution in [2.45, 2.75) is 0 Å². The van der Waals surface area contributed by atoms with Crippen molar-refractivity contribution in [1.82, 2.24) is 4.72 Å². The molecule has 0 heterocycles. The molecule has 0 fully saturated rings. The van der Waals surface area contributed by atoms with Crippen LogP contribution in [0.15, 0.2) is 0 Å². The topological polar surface area (TPSA) is 106 Å². The minimum atomic E-state index is -4.49. The summed E-state index contributed by atoms with van der Waals surface area (Å²) in [5, 5.41) is 4.25. The number of hydrogen-bond donors (Lipinski definition) is 2. The second-order valence-corrected chi connectivity index (χ2v) is 6.16. The Morgan fingerprint density at radius 1 is 1.22 bits per heavy atom. The molecule has 0 aromatic carbocycles. The molecule has 0 atom stereocenters. The average Bonchev–Trinajstić information content (AvgIpc) is 1.64. The molecule has 0 aliphatic heterocycles. The molecule has 8 heteroatoms. The molecule has 0 rings (SSSR count). The van der Waals surface area contributed by atoms with E-state index in [1.807, 2.05) is 0 Å². The van der Waals surface area contributed by atoms with Gasteiger partial charge in [-0.25, -0.2) is 9.86 Å². The highest BCUT2D eigenvalue weighted by Gasteiger charge is 2.21. The van der Waals surface area contributed by atoms with Crippen molar-refractivity contribution in [2.24, 2.45) is 5.14 Å². The van der Waals surface area contributed by atoms with Crippen LogP contribution in [-0.2, 0) is 18.1 Å². The summed E-state index contributed by atoms with van der Waals surface area (Å²) in [4.78, 5) is 0. The summed E-state index contributed by atoms with van der Waals surface area (Å²) >= 11 is 0. The van der Waals surface area contributed by atoms with E-state index in [0.29, 0.717) is 0 Å². The predicted molar refractivity (Wildman–Crippen MR) is 31.1 cm³/mol. The molecule has 0 unspecified atom stereocenters. The van der Waals surface area contributed by atoms with Gasteiger partial charge in [0.2, 0.25) is 0 Å². The first-order valence-electron chi connectivity index (χ1n) is 1.77. The van der Waals surface area contributed by atoms with Gasteiger partial charge < -0.3 is 0 Å². The minimum Gasteiger partial charge on any atom is -0.215 e. The van der Waals surface area contributed by atoms with E-state index in [1.165, 1.54) is 0 Å². The summed E-state index contributed by atoms with van der Waals surface area (Å²) in [6, 6.07) is 0. The zero-order valence-electron chi connectivity index (χ0n) is 4.53. The van der Waals surface area contributed by atoms with Crippen molar-refractivity contribution in [3.05, 3.63) is 0 Å².